The van der Waals surface area contributed by atoms with Crippen LogP contribution in [0.25, 0.3) is 28.3 Å². The van der Waals surface area contributed by atoms with Crippen molar-refractivity contribution in [1.82, 2.24) is 20.0 Å². The third-order valence-electron chi connectivity index (χ3n) is 4.85. The molecule has 0 saturated heterocycles. The van der Waals surface area contributed by atoms with Crippen LogP contribution in [0.2, 0.25) is 0 Å². The average Bonchev–Trinajstić information content (AvgIpc) is 3.43. The van der Waals surface area contributed by atoms with E-state index in [1.165, 1.54) is 24.5 Å². The van der Waals surface area contributed by atoms with E-state index in [4.69, 9.17) is 0 Å². The van der Waals surface area contributed by atoms with Crippen molar-refractivity contribution in [1.29, 1.82) is 0 Å². The lowest BCUT2D eigenvalue weighted by Gasteiger charge is -2.06. The highest BCUT2D eigenvalue weighted by molar-refractivity contribution is 6.08. The molecule has 0 aliphatic heterocycles. The van der Waals surface area contributed by atoms with Gasteiger partial charge in [-0.3, -0.25) is 14.6 Å². The zero-order valence-electron chi connectivity index (χ0n) is 16.7. The van der Waals surface area contributed by atoms with E-state index in [9.17, 15) is 23.5 Å². The van der Waals surface area contributed by atoms with Gasteiger partial charge in [0.05, 0.1) is 23.5 Å². The van der Waals surface area contributed by atoms with Crippen molar-refractivity contribution in [2.75, 3.05) is 0 Å². The van der Waals surface area contributed by atoms with Gasteiger partial charge in [-0.25, -0.2) is 13.6 Å². The van der Waals surface area contributed by atoms with Crippen molar-refractivity contribution < 1.29 is 23.5 Å². The Kier molecular flexibility index (Phi) is 5.46. The Balaban J connectivity index is 1.68. The number of allylic oxidation sites excluding steroid dienone is 1. The van der Waals surface area contributed by atoms with Crippen molar-refractivity contribution in [3.05, 3.63) is 89.5 Å². The van der Waals surface area contributed by atoms with Crippen LogP contribution in [-0.4, -0.2) is 36.8 Å². The molecule has 2 aromatic heterocycles. The van der Waals surface area contributed by atoms with Crippen LogP contribution in [0.3, 0.4) is 0 Å². The topological polar surface area (TPSA) is 101 Å². The van der Waals surface area contributed by atoms with E-state index in [0.717, 1.165) is 23.8 Å². The fraction of sp³-hybridized carbons (Fsp3) is 0.0435. The highest BCUT2D eigenvalue weighted by atomic mass is 19.1. The summed E-state index contributed by atoms with van der Waals surface area (Å²) >= 11 is 0. The molecule has 0 fully saturated rings. The summed E-state index contributed by atoms with van der Waals surface area (Å²) in [5, 5.41) is 19.8. The fourth-order valence-corrected chi connectivity index (χ4v) is 3.28. The zero-order chi connectivity index (χ0) is 22.8. The van der Waals surface area contributed by atoms with Crippen LogP contribution in [0.15, 0.2) is 61.2 Å². The third kappa shape index (κ3) is 4.08. The van der Waals surface area contributed by atoms with Gasteiger partial charge in [0.1, 0.15) is 11.6 Å². The molecule has 32 heavy (non-hydrogen) atoms. The predicted molar refractivity (Wildman–Crippen MR) is 113 cm³/mol. The van der Waals surface area contributed by atoms with Crippen LogP contribution >= 0.6 is 0 Å². The number of nitrogens with one attached hydrogen (secondary N) is 1. The van der Waals surface area contributed by atoms with Gasteiger partial charge in [0, 0.05) is 30.6 Å². The SMILES string of the molecule is Cn1cc(-c2ccc(C(=O)O)c(C=CC(=O)c3c(F)cc(-c4cn[nH]c4)cc3F)c2)cn1. The Hall–Kier alpha value is -4.40. The summed E-state index contributed by atoms with van der Waals surface area (Å²) in [6.07, 6.45) is 8.42. The summed E-state index contributed by atoms with van der Waals surface area (Å²) in [5.74, 6) is -4.18. The fourth-order valence-electron chi connectivity index (χ4n) is 3.28. The first-order chi connectivity index (χ1) is 15.3. The predicted octanol–water partition coefficient (Wildman–Crippen LogP) is 4.35. The molecule has 0 aliphatic carbocycles. The number of aromatic nitrogens is 4. The van der Waals surface area contributed by atoms with Gasteiger partial charge < -0.3 is 5.11 Å². The van der Waals surface area contributed by atoms with E-state index < -0.39 is 29.0 Å². The third-order valence-corrected chi connectivity index (χ3v) is 4.85. The Labute approximate surface area is 180 Å². The Morgan fingerprint density at radius 1 is 1.03 bits per heavy atom. The lowest BCUT2D eigenvalue weighted by Crippen LogP contribution is -2.04. The van der Waals surface area contributed by atoms with Gasteiger partial charge in [-0.2, -0.15) is 10.2 Å². The number of rotatable bonds is 6. The minimum absolute atomic E-state index is 0.0575. The lowest BCUT2D eigenvalue weighted by atomic mass is 9.99. The van der Waals surface area contributed by atoms with E-state index in [2.05, 4.69) is 15.3 Å². The quantitative estimate of drug-likeness (QED) is 0.347. The molecule has 2 heterocycles. The summed E-state index contributed by atoms with van der Waals surface area (Å²) < 4.78 is 30.7. The maximum absolute atomic E-state index is 14.5. The van der Waals surface area contributed by atoms with Crippen LogP contribution < -0.4 is 0 Å². The second-order valence-corrected chi connectivity index (χ2v) is 7.01. The number of nitrogens with zero attached hydrogens (tertiary/aromatic N) is 3. The number of carboxylic acids is 1. The molecule has 0 unspecified atom stereocenters. The summed E-state index contributed by atoms with van der Waals surface area (Å²) in [7, 11) is 1.75. The zero-order valence-corrected chi connectivity index (χ0v) is 16.7. The molecule has 4 aromatic rings. The Morgan fingerprint density at radius 3 is 2.38 bits per heavy atom. The normalized spacial score (nSPS) is 11.2. The van der Waals surface area contributed by atoms with Gasteiger partial charge in [-0.15, -0.1) is 0 Å². The lowest BCUT2D eigenvalue weighted by molar-refractivity contribution is 0.0696. The Morgan fingerprint density at radius 2 is 1.78 bits per heavy atom. The minimum Gasteiger partial charge on any atom is -0.478 e. The number of aromatic carboxylic acids is 1. The number of halogens is 2. The molecular weight excluding hydrogens is 418 g/mol. The molecule has 0 saturated carbocycles. The van der Waals surface area contributed by atoms with Crippen LogP contribution in [0, 0.1) is 11.6 Å². The van der Waals surface area contributed by atoms with Crippen molar-refractivity contribution >= 4 is 17.8 Å². The molecule has 0 amide bonds. The number of H-pyrrole nitrogens is 1. The summed E-state index contributed by atoms with van der Waals surface area (Å²) in [6, 6.07) is 6.67. The first-order valence-electron chi connectivity index (χ1n) is 9.40. The number of aromatic amines is 1. The van der Waals surface area contributed by atoms with Gasteiger partial charge in [0.25, 0.3) is 0 Å². The smallest absolute Gasteiger partial charge is 0.336 e. The van der Waals surface area contributed by atoms with Crippen LogP contribution in [0.5, 0.6) is 0 Å². The molecule has 4 rings (SSSR count). The van der Waals surface area contributed by atoms with E-state index in [1.807, 2.05) is 0 Å². The molecule has 0 bridgehead atoms. The first-order valence-corrected chi connectivity index (χ1v) is 9.40. The largest absolute Gasteiger partial charge is 0.478 e. The number of carbonyl (C=O) groups excluding carboxylic acids is 1. The summed E-state index contributed by atoms with van der Waals surface area (Å²) in [6.45, 7) is 0. The maximum Gasteiger partial charge on any atom is 0.336 e. The van der Waals surface area contributed by atoms with Gasteiger partial charge >= 0.3 is 5.97 Å². The second-order valence-electron chi connectivity index (χ2n) is 7.01. The second kappa shape index (κ2) is 8.38. The molecule has 7 nitrogen and oxygen atoms in total. The highest BCUT2D eigenvalue weighted by Crippen LogP contribution is 2.26. The molecule has 9 heteroatoms. The Bertz CT molecular complexity index is 1330. The molecule has 160 valence electrons. The number of carbonyl (C=O) groups is 2. The van der Waals surface area contributed by atoms with Crippen molar-refractivity contribution in [2.45, 2.75) is 0 Å². The first kappa shape index (κ1) is 20.9. The van der Waals surface area contributed by atoms with E-state index in [1.54, 1.807) is 36.3 Å². The van der Waals surface area contributed by atoms with Crippen molar-refractivity contribution in [2.24, 2.45) is 7.05 Å². The van der Waals surface area contributed by atoms with Gasteiger partial charge in [0.15, 0.2) is 5.78 Å². The van der Waals surface area contributed by atoms with Crippen LogP contribution in [-0.2, 0) is 7.05 Å². The van der Waals surface area contributed by atoms with E-state index in [-0.39, 0.29) is 16.7 Å². The van der Waals surface area contributed by atoms with E-state index in [0.29, 0.717) is 11.1 Å². The van der Waals surface area contributed by atoms with Crippen LogP contribution in [0.1, 0.15) is 26.3 Å². The molecule has 0 atom stereocenters. The molecule has 0 spiro atoms. The minimum atomic E-state index is -1.20. The number of carboxylic acid groups (broad SMARTS) is 1. The standard InChI is InChI=1S/C23H16F2N4O3/c1-29-12-17(11-28-29)13-2-4-18(23(31)32)14(6-13)3-5-21(30)22-19(24)7-15(8-20(22)25)16-9-26-27-10-16/h2-12H,1H3,(H,26,27)(H,31,32). The number of hydrogen-bond donors (Lipinski definition) is 2. The van der Waals surface area contributed by atoms with Crippen LogP contribution in [0.4, 0.5) is 8.78 Å². The maximum atomic E-state index is 14.5. The summed E-state index contributed by atoms with van der Waals surface area (Å²) in [4.78, 5) is 24.1. The molecule has 2 N–H and O–H groups in total. The summed E-state index contributed by atoms with van der Waals surface area (Å²) in [5.41, 5.74) is 1.55. The number of ketones is 1. The van der Waals surface area contributed by atoms with Gasteiger partial charge in [0.2, 0.25) is 0 Å². The monoisotopic (exact) mass is 434 g/mol. The molecule has 0 radical (unpaired) electrons. The highest BCUT2D eigenvalue weighted by Gasteiger charge is 2.18. The molecular formula is C23H16F2N4O3. The van der Waals surface area contributed by atoms with Gasteiger partial charge in [-0.1, -0.05) is 12.1 Å². The van der Waals surface area contributed by atoms with Gasteiger partial charge in [-0.05, 0) is 47.0 Å². The van der Waals surface area contributed by atoms with Crippen molar-refractivity contribution in [3.8, 4) is 22.3 Å². The number of benzene rings is 2. The molecule has 0 aliphatic rings. The average molecular weight is 434 g/mol. The van der Waals surface area contributed by atoms with Crippen molar-refractivity contribution in [3.63, 3.8) is 0 Å². The van der Waals surface area contributed by atoms with E-state index >= 15 is 0 Å². The molecule has 2 aromatic carbocycles. The number of hydrogen-bond acceptors (Lipinski definition) is 4. The number of aryl methyl sites for hydroxylation is 1.